The van der Waals surface area contributed by atoms with Crippen molar-refractivity contribution in [3.05, 3.63) is 30.1 Å². The van der Waals surface area contributed by atoms with E-state index in [-0.39, 0.29) is 30.4 Å². The molecule has 5 heteroatoms. The minimum atomic E-state index is -0.0556. The van der Waals surface area contributed by atoms with Crippen molar-refractivity contribution < 1.29 is 4.79 Å². The van der Waals surface area contributed by atoms with Crippen LogP contribution in [0.1, 0.15) is 38.4 Å². The van der Waals surface area contributed by atoms with Gasteiger partial charge in [0.1, 0.15) is 0 Å². The van der Waals surface area contributed by atoms with E-state index >= 15 is 0 Å². The Morgan fingerprint density at radius 3 is 2.95 bits per heavy atom. The van der Waals surface area contributed by atoms with Gasteiger partial charge >= 0.3 is 0 Å². The summed E-state index contributed by atoms with van der Waals surface area (Å²) in [5.41, 5.74) is 0.898. The van der Waals surface area contributed by atoms with Crippen molar-refractivity contribution in [3.63, 3.8) is 0 Å². The number of nitrogens with zero attached hydrogens (tertiary/aromatic N) is 1. The summed E-state index contributed by atoms with van der Waals surface area (Å²) in [7, 11) is 0. The lowest BCUT2D eigenvalue weighted by molar-refractivity contribution is -0.124. The van der Waals surface area contributed by atoms with Crippen LogP contribution >= 0.6 is 12.4 Å². The summed E-state index contributed by atoms with van der Waals surface area (Å²) in [6, 6.07) is 5.65. The molecule has 1 amide bonds. The fourth-order valence-corrected chi connectivity index (χ4v) is 2.33. The van der Waals surface area contributed by atoms with Crippen LogP contribution in [0.25, 0.3) is 0 Å². The Morgan fingerprint density at radius 1 is 1.53 bits per heavy atom. The molecule has 2 heterocycles. The molecule has 3 unspecified atom stereocenters. The average molecular weight is 284 g/mol. The minimum Gasteiger partial charge on any atom is -0.347 e. The molecule has 0 bridgehead atoms. The Labute approximate surface area is 120 Å². The Morgan fingerprint density at radius 2 is 2.32 bits per heavy atom. The number of piperidine rings is 1. The van der Waals surface area contributed by atoms with Gasteiger partial charge in [-0.1, -0.05) is 13.0 Å². The monoisotopic (exact) mass is 283 g/mol. The topological polar surface area (TPSA) is 54.0 Å². The molecule has 1 aliphatic rings. The van der Waals surface area contributed by atoms with E-state index < -0.39 is 0 Å². The van der Waals surface area contributed by atoms with Crippen LogP contribution in [-0.2, 0) is 4.79 Å². The molecule has 0 spiro atoms. The predicted octanol–water partition coefficient (Wildman–Crippen LogP) is 2.07. The molecule has 0 aromatic carbocycles. The molecule has 3 atom stereocenters. The van der Waals surface area contributed by atoms with Gasteiger partial charge in [0, 0.05) is 6.20 Å². The Hall–Kier alpha value is -1.13. The average Bonchev–Trinajstić information content (AvgIpc) is 2.39. The normalized spacial score (nSPS) is 24.1. The highest BCUT2D eigenvalue weighted by Gasteiger charge is 2.25. The van der Waals surface area contributed by atoms with Gasteiger partial charge in [-0.3, -0.25) is 9.78 Å². The Balaban J connectivity index is 0.00000180. The van der Waals surface area contributed by atoms with Gasteiger partial charge in [-0.2, -0.15) is 0 Å². The van der Waals surface area contributed by atoms with Crippen molar-refractivity contribution in [2.24, 2.45) is 5.92 Å². The molecule has 1 aliphatic heterocycles. The molecule has 1 aromatic rings. The number of hydrogen-bond donors (Lipinski definition) is 2. The lowest BCUT2D eigenvalue weighted by Crippen LogP contribution is -2.48. The summed E-state index contributed by atoms with van der Waals surface area (Å²) in [5, 5.41) is 6.30. The second-order valence-corrected chi connectivity index (χ2v) is 5.12. The van der Waals surface area contributed by atoms with Crippen LogP contribution in [0.15, 0.2) is 24.4 Å². The number of pyridine rings is 1. The molecule has 1 fully saturated rings. The van der Waals surface area contributed by atoms with E-state index in [2.05, 4.69) is 22.5 Å². The molecule has 2 rings (SSSR count). The van der Waals surface area contributed by atoms with Gasteiger partial charge in [0.2, 0.25) is 5.91 Å². The van der Waals surface area contributed by atoms with E-state index in [9.17, 15) is 4.79 Å². The third kappa shape index (κ3) is 4.48. The summed E-state index contributed by atoms with van der Waals surface area (Å²) in [6.07, 6.45) is 3.82. The van der Waals surface area contributed by atoms with Gasteiger partial charge in [0.05, 0.1) is 17.8 Å². The highest BCUT2D eigenvalue weighted by molar-refractivity contribution is 5.85. The molecule has 0 saturated carbocycles. The first-order valence-electron chi connectivity index (χ1n) is 6.61. The summed E-state index contributed by atoms with van der Waals surface area (Å²) in [5.74, 6) is 0.701. The quantitative estimate of drug-likeness (QED) is 0.893. The predicted molar refractivity (Wildman–Crippen MR) is 78.2 cm³/mol. The summed E-state index contributed by atoms with van der Waals surface area (Å²) in [6.45, 7) is 5.09. The first kappa shape index (κ1) is 15.9. The lowest BCUT2D eigenvalue weighted by atomic mass is 9.94. The van der Waals surface area contributed by atoms with Gasteiger partial charge in [0.15, 0.2) is 0 Å². The Bertz CT molecular complexity index is 399. The van der Waals surface area contributed by atoms with E-state index in [1.807, 2.05) is 25.1 Å². The van der Waals surface area contributed by atoms with Crippen LogP contribution in [0.3, 0.4) is 0 Å². The van der Waals surface area contributed by atoms with Crippen molar-refractivity contribution in [2.45, 2.75) is 38.8 Å². The second-order valence-electron chi connectivity index (χ2n) is 5.12. The first-order chi connectivity index (χ1) is 8.66. The maximum atomic E-state index is 12.1. The molecule has 0 aliphatic carbocycles. The van der Waals surface area contributed by atoms with Gasteiger partial charge in [-0.25, -0.2) is 0 Å². The van der Waals surface area contributed by atoms with Crippen LogP contribution in [0.5, 0.6) is 0 Å². The van der Waals surface area contributed by atoms with E-state index in [1.54, 1.807) is 6.20 Å². The maximum absolute atomic E-state index is 12.1. The van der Waals surface area contributed by atoms with Crippen LogP contribution < -0.4 is 10.6 Å². The van der Waals surface area contributed by atoms with Crippen molar-refractivity contribution in [1.82, 2.24) is 15.6 Å². The zero-order valence-corrected chi connectivity index (χ0v) is 12.2. The van der Waals surface area contributed by atoms with E-state index in [0.29, 0.717) is 5.92 Å². The molecule has 1 saturated heterocycles. The number of aromatic nitrogens is 1. The molecule has 2 N–H and O–H groups in total. The SMILES string of the molecule is CC1CCNC(C(=O)NC(C)c2ccccn2)C1.Cl. The number of hydrogen-bond acceptors (Lipinski definition) is 3. The van der Waals surface area contributed by atoms with Crippen molar-refractivity contribution >= 4 is 18.3 Å². The molecule has 106 valence electrons. The second kappa shape index (κ2) is 7.46. The largest absolute Gasteiger partial charge is 0.347 e. The summed E-state index contributed by atoms with van der Waals surface area (Å²) < 4.78 is 0. The summed E-state index contributed by atoms with van der Waals surface area (Å²) >= 11 is 0. The molecule has 0 radical (unpaired) electrons. The number of carbonyl (C=O) groups is 1. The van der Waals surface area contributed by atoms with Crippen molar-refractivity contribution in [1.29, 1.82) is 0 Å². The third-order valence-electron chi connectivity index (χ3n) is 3.47. The van der Waals surface area contributed by atoms with Crippen LogP contribution in [0.2, 0.25) is 0 Å². The standard InChI is InChI=1S/C14H21N3O.ClH/c1-10-6-8-16-13(9-10)14(18)17-11(2)12-5-3-4-7-15-12;/h3-5,7,10-11,13,16H,6,8-9H2,1-2H3,(H,17,18);1H. The third-order valence-corrected chi connectivity index (χ3v) is 3.47. The van der Waals surface area contributed by atoms with Crippen LogP contribution in [-0.4, -0.2) is 23.5 Å². The molecule has 1 aromatic heterocycles. The van der Waals surface area contributed by atoms with Crippen molar-refractivity contribution in [2.75, 3.05) is 6.54 Å². The van der Waals surface area contributed by atoms with E-state index in [0.717, 1.165) is 25.1 Å². The fourth-order valence-electron chi connectivity index (χ4n) is 2.33. The number of carbonyl (C=O) groups excluding carboxylic acids is 1. The lowest BCUT2D eigenvalue weighted by Gasteiger charge is -2.28. The van der Waals surface area contributed by atoms with E-state index in [4.69, 9.17) is 0 Å². The van der Waals surface area contributed by atoms with Gasteiger partial charge < -0.3 is 10.6 Å². The van der Waals surface area contributed by atoms with Gasteiger partial charge in [-0.05, 0) is 44.4 Å². The first-order valence-corrected chi connectivity index (χ1v) is 6.61. The van der Waals surface area contributed by atoms with Crippen LogP contribution in [0.4, 0.5) is 0 Å². The van der Waals surface area contributed by atoms with E-state index in [1.165, 1.54) is 0 Å². The maximum Gasteiger partial charge on any atom is 0.237 e. The fraction of sp³-hybridized carbons (Fsp3) is 0.571. The highest BCUT2D eigenvalue weighted by Crippen LogP contribution is 2.16. The zero-order valence-electron chi connectivity index (χ0n) is 11.4. The van der Waals surface area contributed by atoms with Gasteiger partial charge in [0.25, 0.3) is 0 Å². The number of halogens is 1. The molecular weight excluding hydrogens is 262 g/mol. The molecule has 4 nitrogen and oxygen atoms in total. The molecule has 19 heavy (non-hydrogen) atoms. The highest BCUT2D eigenvalue weighted by atomic mass is 35.5. The number of rotatable bonds is 3. The smallest absolute Gasteiger partial charge is 0.237 e. The molecular formula is C14H22ClN3O. The summed E-state index contributed by atoms with van der Waals surface area (Å²) in [4.78, 5) is 16.4. The minimum absolute atomic E-state index is 0. The Kier molecular flexibility index (Phi) is 6.25. The number of nitrogens with one attached hydrogen (secondary N) is 2. The number of amides is 1. The van der Waals surface area contributed by atoms with Gasteiger partial charge in [-0.15, -0.1) is 12.4 Å². The van der Waals surface area contributed by atoms with Crippen LogP contribution in [0, 0.1) is 5.92 Å². The van der Waals surface area contributed by atoms with Crippen molar-refractivity contribution in [3.8, 4) is 0 Å². The zero-order chi connectivity index (χ0) is 13.0.